The summed E-state index contributed by atoms with van der Waals surface area (Å²) in [5.41, 5.74) is 0. The Balaban J connectivity index is 1.39. The summed E-state index contributed by atoms with van der Waals surface area (Å²) in [5, 5.41) is 148. The van der Waals surface area contributed by atoms with Crippen molar-refractivity contribution >= 4 is 11.8 Å². The van der Waals surface area contributed by atoms with E-state index in [2.05, 4.69) is 24.5 Å². The Labute approximate surface area is 502 Å². The molecule has 25 nitrogen and oxygen atoms in total. The van der Waals surface area contributed by atoms with Gasteiger partial charge in [0.1, 0.15) is 97.6 Å². The van der Waals surface area contributed by atoms with Crippen molar-refractivity contribution in [1.82, 2.24) is 10.6 Å². The molecule has 4 heterocycles. The molecule has 4 fully saturated rings. The average molecular weight is 1230 g/mol. The Kier molecular flexibility index (Phi) is 37.2. The number of ether oxygens (including phenoxy) is 8. The first-order chi connectivity index (χ1) is 41.0. The van der Waals surface area contributed by atoms with E-state index in [-0.39, 0.29) is 12.3 Å². The minimum Gasteiger partial charge on any atom is -0.394 e. The number of aliphatic hydroxyl groups excluding tert-OH is 13. The van der Waals surface area contributed by atoms with E-state index in [0.29, 0.717) is 12.8 Å². The van der Waals surface area contributed by atoms with Crippen LogP contribution in [0.2, 0.25) is 0 Å². The predicted molar refractivity (Wildman–Crippen MR) is 308 cm³/mol. The Hall–Kier alpha value is -2.16. The first-order valence-electron chi connectivity index (χ1n) is 31.9. The lowest BCUT2D eigenvalue weighted by Gasteiger charge is -2.49. The molecule has 4 saturated heterocycles. The standard InChI is InChI=1S/C60H110N2O23/c1-4-6-8-10-12-14-16-18-20-22-24-26-28-30-39(68)38(62-44(69)31-29-27-25-23-21-19-17-15-13-11-9-7-5-2)36-78-58-51(75)50(74)54(43(35-66)82-58)83-59-53(77)56(48(72)42(34-65)80-59)85-60-52(76)55(47(71)41(33-64)81-60)84-57-45(61-37(3)67)49(73)46(70)40(32-63)79-57/h28,30,38-43,45-60,63-66,68,70-77H,4-27,29,31-36H2,1-3H3,(H,61,67)(H,62,69)/b30-28+/t38-,39+,40?,41?,42?,43?,45?,46-,47-,48-,49+,50+,51?,52?,53?,54+,55-,56-,57-,58+,59-,60+/m0/s1. The molecule has 0 aromatic heterocycles. The smallest absolute Gasteiger partial charge is 0.220 e. The van der Waals surface area contributed by atoms with E-state index in [1.807, 2.05) is 6.08 Å². The molecule has 2 amide bonds. The fourth-order valence-corrected chi connectivity index (χ4v) is 11.4. The third kappa shape index (κ3) is 24.9. The summed E-state index contributed by atoms with van der Waals surface area (Å²) in [6.45, 7) is 1.56. The zero-order valence-corrected chi connectivity index (χ0v) is 50.7. The molecule has 4 rings (SSSR count). The SMILES string of the molecule is CCCCCCCCCCCCC/C=C/[C@@H](O)[C@H](CO[C@@H]1OC(CO)[C@@H](O[C@@H]2OC(CO)[C@H](O)[C@H](O[C@H]3OC(CO)[C@H](O)[C@H](O[C@@H]4OC(CO)[C@H](O)[C@H](O)C4NC(C)=O)C3O)C2O)[C@H](O)C1O)NC(=O)CCCCCCCCCCCCCCC. The van der Waals surface area contributed by atoms with Crippen LogP contribution in [-0.4, -0.2) is 246 Å². The van der Waals surface area contributed by atoms with Crippen molar-refractivity contribution < 1.29 is 114 Å². The molecule has 8 unspecified atom stereocenters. The number of carbonyl (C=O) groups excluding carboxylic acids is 2. The van der Waals surface area contributed by atoms with E-state index in [0.717, 1.165) is 51.9 Å². The van der Waals surface area contributed by atoms with Gasteiger partial charge < -0.3 is 115 Å². The van der Waals surface area contributed by atoms with Crippen molar-refractivity contribution in [2.45, 2.75) is 323 Å². The minimum atomic E-state index is -2.11. The number of amides is 2. The van der Waals surface area contributed by atoms with E-state index < -0.39 is 174 Å². The van der Waals surface area contributed by atoms with Gasteiger partial charge in [0.05, 0.1) is 45.2 Å². The molecule has 4 aliphatic heterocycles. The van der Waals surface area contributed by atoms with E-state index in [1.54, 1.807) is 6.08 Å². The van der Waals surface area contributed by atoms with Gasteiger partial charge in [-0.2, -0.15) is 0 Å². The van der Waals surface area contributed by atoms with Crippen molar-refractivity contribution in [2.24, 2.45) is 0 Å². The van der Waals surface area contributed by atoms with Gasteiger partial charge in [-0.05, 0) is 19.3 Å². The highest BCUT2D eigenvalue weighted by molar-refractivity contribution is 5.76. The van der Waals surface area contributed by atoms with Crippen LogP contribution in [0.15, 0.2) is 12.2 Å². The van der Waals surface area contributed by atoms with Crippen LogP contribution in [0.4, 0.5) is 0 Å². The van der Waals surface area contributed by atoms with E-state index in [4.69, 9.17) is 37.9 Å². The van der Waals surface area contributed by atoms with Gasteiger partial charge >= 0.3 is 0 Å². The lowest BCUT2D eigenvalue weighted by molar-refractivity contribution is -0.387. The van der Waals surface area contributed by atoms with Crippen LogP contribution in [0.25, 0.3) is 0 Å². The zero-order valence-electron chi connectivity index (χ0n) is 50.7. The second-order valence-electron chi connectivity index (χ2n) is 23.6. The van der Waals surface area contributed by atoms with Gasteiger partial charge in [-0.25, -0.2) is 0 Å². The maximum Gasteiger partial charge on any atom is 0.220 e. The van der Waals surface area contributed by atoms with Crippen LogP contribution < -0.4 is 10.6 Å². The highest BCUT2D eigenvalue weighted by Crippen LogP contribution is 2.35. The number of hydrogen-bond donors (Lipinski definition) is 15. The molecule has 0 spiro atoms. The Bertz CT molecular complexity index is 1790. The molecule has 0 bridgehead atoms. The summed E-state index contributed by atoms with van der Waals surface area (Å²) in [7, 11) is 0. The molecular formula is C60H110N2O23. The van der Waals surface area contributed by atoms with Gasteiger partial charge in [0.2, 0.25) is 11.8 Å². The molecule has 4 aliphatic rings. The average Bonchev–Trinajstić information content (AvgIpc) is 3.68. The molecule has 498 valence electrons. The summed E-state index contributed by atoms with van der Waals surface area (Å²) < 4.78 is 46.4. The molecule has 0 aromatic carbocycles. The van der Waals surface area contributed by atoms with E-state index in [1.165, 1.54) is 103 Å². The number of nitrogens with one attached hydrogen (secondary N) is 2. The van der Waals surface area contributed by atoms with Gasteiger partial charge in [0.15, 0.2) is 25.2 Å². The van der Waals surface area contributed by atoms with Crippen LogP contribution in [0, 0.1) is 0 Å². The first-order valence-corrected chi connectivity index (χ1v) is 31.9. The second kappa shape index (κ2) is 42.0. The Morgan fingerprint density at radius 2 is 0.859 bits per heavy atom. The molecule has 0 radical (unpaired) electrons. The molecule has 22 atom stereocenters. The monoisotopic (exact) mass is 1230 g/mol. The maximum atomic E-state index is 13.4. The highest BCUT2D eigenvalue weighted by Gasteiger charge is 2.56. The van der Waals surface area contributed by atoms with Gasteiger partial charge in [0.25, 0.3) is 0 Å². The predicted octanol–water partition coefficient (Wildman–Crippen LogP) is 1.00. The summed E-state index contributed by atoms with van der Waals surface area (Å²) >= 11 is 0. The summed E-state index contributed by atoms with van der Waals surface area (Å²) in [6.07, 6.45) is -3.27. The number of aliphatic hydroxyl groups is 13. The van der Waals surface area contributed by atoms with Crippen molar-refractivity contribution in [3.8, 4) is 0 Å². The largest absolute Gasteiger partial charge is 0.394 e. The number of rotatable bonds is 43. The number of carbonyl (C=O) groups is 2. The lowest BCUT2D eigenvalue weighted by Crippen LogP contribution is -2.69. The molecule has 0 aliphatic carbocycles. The Morgan fingerprint density at radius 1 is 0.459 bits per heavy atom. The highest BCUT2D eigenvalue weighted by atomic mass is 16.8. The van der Waals surface area contributed by atoms with Crippen LogP contribution in [0.3, 0.4) is 0 Å². The van der Waals surface area contributed by atoms with Gasteiger partial charge in [-0.3, -0.25) is 9.59 Å². The van der Waals surface area contributed by atoms with Crippen LogP contribution in [-0.2, 0) is 47.5 Å². The van der Waals surface area contributed by atoms with Crippen molar-refractivity contribution in [3.05, 3.63) is 12.2 Å². The summed E-state index contributed by atoms with van der Waals surface area (Å²) in [6, 6.07) is -2.55. The van der Waals surface area contributed by atoms with Crippen molar-refractivity contribution in [3.63, 3.8) is 0 Å². The van der Waals surface area contributed by atoms with Crippen molar-refractivity contribution in [1.29, 1.82) is 0 Å². The molecule has 15 N–H and O–H groups in total. The van der Waals surface area contributed by atoms with E-state index >= 15 is 0 Å². The minimum absolute atomic E-state index is 0.211. The van der Waals surface area contributed by atoms with Gasteiger partial charge in [0, 0.05) is 13.3 Å². The van der Waals surface area contributed by atoms with Gasteiger partial charge in [-0.1, -0.05) is 167 Å². The van der Waals surface area contributed by atoms with Crippen molar-refractivity contribution in [2.75, 3.05) is 33.0 Å². The second-order valence-corrected chi connectivity index (χ2v) is 23.6. The summed E-state index contributed by atoms with van der Waals surface area (Å²) in [5.74, 6) is -1.02. The first kappa shape index (κ1) is 75.3. The third-order valence-electron chi connectivity index (χ3n) is 16.6. The number of unbranched alkanes of at least 4 members (excludes halogenated alkanes) is 23. The third-order valence-corrected chi connectivity index (χ3v) is 16.6. The van der Waals surface area contributed by atoms with Crippen LogP contribution in [0.5, 0.6) is 0 Å². The molecule has 0 aromatic rings. The van der Waals surface area contributed by atoms with Crippen LogP contribution in [0.1, 0.15) is 188 Å². The normalized spacial score (nSPS) is 34.4. The molecule has 25 heteroatoms. The lowest BCUT2D eigenvalue weighted by atomic mass is 9.95. The van der Waals surface area contributed by atoms with Crippen LogP contribution >= 0.6 is 0 Å². The van der Waals surface area contributed by atoms with E-state index in [9.17, 15) is 76.0 Å². The maximum absolute atomic E-state index is 13.4. The summed E-state index contributed by atoms with van der Waals surface area (Å²) in [4.78, 5) is 25.4. The molecule has 85 heavy (non-hydrogen) atoms. The fourth-order valence-electron chi connectivity index (χ4n) is 11.4. The Morgan fingerprint density at radius 3 is 1.32 bits per heavy atom. The topological polar surface area (TPSA) is 395 Å². The molecule has 0 saturated carbocycles. The fraction of sp³-hybridized carbons (Fsp3) is 0.933. The zero-order chi connectivity index (χ0) is 62.3. The number of allylic oxidation sites excluding steroid dienone is 1. The quantitative estimate of drug-likeness (QED) is 0.0299. The number of hydrogen-bond acceptors (Lipinski definition) is 23. The molecular weight excluding hydrogens is 1120 g/mol. The van der Waals surface area contributed by atoms with Gasteiger partial charge in [-0.15, -0.1) is 0 Å².